The summed E-state index contributed by atoms with van der Waals surface area (Å²) in [6.45, 7) is 0. The molecule has 0 unspecified atom stereocenters. The van der Waals surface area contributed by atoms with Gasteiger partial charge in [0.15, 0.2) is 12.0 Å². The third kappa shape index (κ3) is 2.73. The Morgan fingerprint density at radius 2 is 2.00 bits per heavy atom. The van der Waals surface area contributed by atoms with E-state index in [1.807, 2.05) is 0 Å². The molecule has 5 nitrogen and oxygen atoms in total. The molecule has 3 rings (SSSR count). The number of oxazole rings is 1. The zero-order valence-electron chi connectivity index (χ0n) is 10.2. The van der Waals surface area contributed by atoms with Crippen molar-refractivity contribution in [2.24, 2.45) is 0 Å². The fourth-order valence-electron chi connectivity index (χ4n) is 1.68. The Labute approximate surface area is 119 Å². The van der Waals surface area contributed by atoms with Crippen LogP contribution in [-0.4, -0.2) is 11.1 Å². The van der Waals surface area contributed by atoms with E-state index in [1.165, 1.54) is 6.39 Å². The molecule has 2 aromatic carbocycles. The maximum absolute atomic E-state index is 11.7. The number of carbonyl (C=O) groups is 1. The molecule has 0 aliphatic rings. The number of fused-ring (bicyclic) bond motifs is 1. The molecule has 0 aliphatic carbocycles. The van der Waals surface area contributed by atoms with Crippen LogP contribution in [0.25, 0.3) is 11.1 Å². The predicted molar refractivity (Wildman–Crippen MR) is 75.1 cm³/mol. The summed E-state index contributed by atoms with van der Waals surface area (Å²) in [5.41, 5.74) is 1.86. The van der Waals surface area contributed by atoms with Crippen molar-refractivity contribution in [2.45, 2.75) is 0 Å². The van der Waals surface area contributed by atoms with Crippen LogP contribution in [0, 0.1) is 0 Å². The summed E-state index contributed by atoms with van der Waals surface area (Å²) in [6, 6.07) is 11.7. The second-order valence-electron chi connectivity index (χ2n) is 4.00. The van der Waals surface area contributed by atoms with E-state index in [1.54, 1.807) is 42.5 Å². The maximum Gasteiger partial charge on any atom is 0.417 e. The number of hydrogen-bond acceptors (Lipinski definition) is 4. The molecule has 0 radical (unpaired) electrons. The number of ether oxygens (including phenoxy) is 1. The van der Waals surface area contributed by atoms with Crippen LogP contribution in [0.3, 0.4) is 0 Å². The van der Waals surface area contributed by atoms with Crippen LogP contribution in [0.1, 0.15) is 0 Å². The summed E-state index contributed by atoms with van der Waals surface area (Å²) in [4.78, 5) is 15.7. The SMILES string of the molecule is O=C(Nc1ccc(Cl)cc1)Oc1ccc2ocnc2c1. The Morgan fingerprint density at radius 1 is 1.20 bits per heavy atom. The van der Waals surface area contributed by atoms with Crippen LogP contribution < -0.4 is 10.1 Å². The second kappa shape index (κ2) is 5.22. The smallest absolute Gasteiger partial charge is 0.417 e. The van der Waals surface area contributed by atoms with E-state index in [-0.39, 0.29) is 0 Å². The number of hydrogen-bond donors (Lipinski definition) is 1. The molecule has 1 amide bonds. The van der Waals surface area contributed by atoms with Gasteiger partial charge in [-0.3, -0.25) is 5.32 Å². The molecule has 0 atom stereocenters. The van der Waals surface area contributed by atoms with Crippen LogP contribution in [0.4, 0.5) is 10.5 Å². The molecule has 100 valence electrons. The summed E-state index contributed by atoms with van der Waals surface area (Å²) in [5, 5.41) is 3.19. The van der Waals surface area contributed by atoms with Gasteiger partial charge in [-0.15, -0.1) is 0 Å². The Bertz CT molecular complexity index is 752. The van der Waals surface area contributed by atoms with Gasteiger partial charge in [0.1, 0.15) is 11.3 Å². The molecular weight excluding hydrogens is 280 g/mol. The van der Waals surface area contributed by atoms with Crippen LogP contribution in [0.5, 0.6) is 5.75 Å². The van der Waals surface area contributed by atoms with Gasteiger partial charge in [0, 0.05) is 16.8 Å². The number of aromatic nitrogens is 1. The Hall–Kier alpha value is -2.53. The second-order valence-corrected chi connectivity index (χ2v) is 4.44. The molecule has 0 fully saturated rings. The van der Waals surface area contributed by atoms with Gasteiger partial charge in [0.2, 0.25) is 0 Å². The quantitative estimate of drug-likeness (QED) is 0.771. The van der Waals surface area contributed by atoms with E-state index in [2.05, 4.69) is 10.3 Å². The highest BCUT2D eigenvalue weighted by atomic mass is 35.5. The van der Waals surface area contributed by atoms with Gasteiger partial charge < -0.3 is 9.15 Å². The first-order chi connectivity index (χ1) is 9.70. The summed E-state index contributed by atoms with van der Waals surface area (Å²) in [5.74, 6) is 0.387. The maximum atomic E-state index is 11.7. The summed E-state index contributed by atoms with van der Waals surface area (Å²) >= 11 is 5.76. The molecule has 3 aromatic rings. The first kappa shape index (κ1) is 12.5. The third-order valence-corrected chi connectivity index (χ3v) is 2.86. The van der Waals surface area contributed by atoms with E-state index < -0.39 is 6.09 Å². The standard InChI is InChI=1S/C14H9ClN2O3/c15-9-1-3-10(4-2-9)17-14(18)20-11-5-6-13-12(7-11)16-8-19-13/h1-8H,(H,17,18). The molecule has 0 spiro atoms. The summed E-state index contributed by atoms with van der Waals surface area (Å²) < 4.78 is 10.3. The lowest BCUT2D eigenvalue weighted by atomic mass is 10.3. The molecule has 0 aliphatic heterocycles. The van der Waals surface area contributed by atoms with Crippen molar-refractivity contribution in [1.29, 1.82) is 0 Å². The molecule has 0 saturated heterocycles. The first-order valence-electron chi connectivity index (χ1n) is 5.78. The Balaban J connectivity index is 1.70. The number of carbonyl (C=O) groups excluding carboxylic acids is 1. The van der Waals surface area contributed by atoms with Crippen molar-refractivity contribution in [3.63, 3.8) is 0 Å². The van der Waals surface area contributed by atoms with Gasteiger partial charge in [-0.25, -0.2) is 9.78 Å². The zero-order valence-corrected chi connectivity index (χ0v) is 10.9. The average molecular weight is 289 g/mol. The molecule has 0 bridgehead atoms. The van der Waals surface area contributed by atoms with E-state index in [0.29, 0.717) is 27.6 Å². The zero-order chi connectivity index (χ0) is 13.9. The van der Waals surface area contributed by atoms with Crippen molar-refractivity contribution in [3.8, 4) is 5.75 Å². The molecule has 1 N–H and O–H groups in total. The van der Waals surface area contributed by atoms with Gasteiger partial charge in [-0.05, 0) is 36.4 Å². The number of amides is 1. The van der Waals surface area contributed by atoms with E-state index >= 15 is 0 Å². The van der Waals surface area contributed by atoms with E-state index in [0.717, 1.165) is 0 Å². The number of nitrogens with zero attached hydrogens (tertiary/aromatic N) is 1. The van der Waals surface area contributed by atoms with Gasteiger partial charge in [0.25, 0.3) is 0 Å². The lowest BCUT2D eigenvalue weighted by molar-refractivity contribution is 0.215. The van der Waals surface area contributed by atoms with Crippen molar-refractivity contribution in [3.05, 3.63) is 53.9 Å². The molecule has 0 saturated carbocycles. The van der Waals surface area contributed by atoms with Crippen LogP contribution in [0.15, 0.2) is 53.3 Å². The fourth-order valence-corrected chi connectivity index (χ4v) is 1.81. The number of halogens is 1. The minimum atomic E-state index is -0.588. The van der Waals surface area contributed by atoms with Crippen molar-refractivity contribution >= 4 is 34.5 Å². The number of benzene rings is 2. The number of rotatable bonds is 2. The lowest BCUT2D eigenvalue weighted by Gasteiger charge is -2.06. The highest BCUT2D eigenvalue weighted by Gasteiger charge is 2.07. The van der Waals surface area contributed by atoms with Gasteiger partial charge in [-0.2, -0.15) is 0 Å². The monoisotopic (exact) mass is 288 g/mol. The Kier molecular flexibility index (Phi) is 3.26. The van der Waals surface area contributed by atoms with Crippen LogP contribution in [0.2, 0.25) is 5.02 Å². The molecule has 6 heteroatoms. The highest BCUT2D eigenvalue weighted by Crippen LogP contribution is 2.20. The fraction of sp³-hybridized carbons (Fsp3) is 0. The minimum absolute atomic E-state index is 0.387. The molecule has 1 aromatic heterocycles. The third-order valence-electron chi connectivity index (χ3n) is 2.60. The van der Waals surface area contributed by atoms with Crippen molar-refractivity contribution < 1.29 is 13.9 Å². The van der Waals surface area contributed by atoms with Crippen molar-refractivity contribution in [1.82, 2.24) is 4.98 Å². The number of nitrogens with one attached hydrogen (secondary N) is 1. The molecular formula is C14H9ClN2O3. The summed E-state index contributed by atoms with van der Waals surface area (Å²) in [6.07, 6.45) is 0.748. The number of anilines is 1. The molecule has 20 heavy (non-hydrogen) atoms. The normalized spacial score (nSPS) is 10.4. The average Bonchev–Trinajstić information content (AvgIpc) is 2.89. The van der Waals surface area contributed by atoms with Crippen molar-refractivity contribution in [2.75, 3.05) is 5.32 Å². The Morgan fingerprint density at radius 3 is 2.80 bits per heavy atom. The molecule has 1 heterocycles. The van der Waals surface area contributed by atoms with Crippen LogP contribution >= 0.6 is 11.6 Å². The predicted octanol–water partition coefficient (Wildman–Crippen LogP) is 4.09. The lowest BCUT2D eigenvalue weighted by Crippen LogP contribution is -2.16. The van der Waals surface area contributed by atoms with Gasteiger partial charge >= 0.3 is 6.09 Å². The summed E-state index contributed by atoms with van der Waals surface area (Å²) in [7, 11) is 0. The van der Waals surface area contributed by atoms with Gasteiger partial charge in [-0.1, -0.05) is 11.6 Å². The van der Waals surface area contributed by atoms with E-state index in [9.17, 15) is 4.79 Å². The first-order valence-corrected chi connectivity index (χ1v) is 6.16. The topological polar surface area (TPSA) is 64.4 Å². The highest BCUT2D eigenvalue weighted by molar-refractivity contribution is 6.30. The van der Waals surface area contributed by atoms with Gasteiger partial charge in [0.05, 0.1) is 0 Å². The minimum Gasteiger partial charge on any atom is -0.443 e. The van der Waals surface area contributed by atoms with Crippen LogP contribution in [-0.2, 0) is 0 Å². The largest absolute Gasteiger partial charge is 0.443 e. The van der Waals surface area contributed by atoms with E-state index in [4.69, 9.17) is 20.8 Å².